The Morgan fingerprint density at radius 3 is 2.56 bits per heavy atom. The normalized spacial score (nSPS) is 12.8. The first-order valence-electron chi connectivity index (χ1n) is 6.41. The van der Waals surface area contributed by atoms with Crippen molar-refractivity contribution < 1.29 is 9.13 Å². The lowest BCUT2D eigenvalue weighted by atomic mass is 10.1. The minimum Gasteiger partial charge on any atom is -0.489 e. The van der Waals surface area contributed by atoms with Crippen LogP contribution in [0.2, 0.25) is 0 Å². The fraction of sp³-hybridized carbons (Fsp3) is 0.571. The topological polar surface area (TPSA) is 21.3 Å². The van der Waals surface area contributed by atoms with Crippen molar-refractivity contribution in [2.75, 3.05) is 6.54 Å². The summed E-state index contributed by atoms with van der Waals surface area (Å²) in [7, 11) is 0. The van der Waals surface area contributed by atoms with Gasteiger partial charge in [-0.3, -0.25) is 0 Å². The van der Waals surface area contributed by atoms with E-state index in [4.69, 9.17) is 4.74 Å². The predicted molar refractivity (Wildman–Crippen MR) is 76.6 cm³/mol. The highest BCUT2D eigenvalue weighted by Gasteiger charge is 2.09. The highest BCUT2D eigenvalue weighted by Crippen LogP contribution is 2.21. The number of hydrogen-bond donors (Lipinski definition) is 1. The van der Waals surface area contributed by atoms with Crippen LogP contribution in [-0.4, -0.2) is 18.7 Å². The molecule has 2 nitrogen and oxygen atoms in total. The third-order valence-corrected chi connectivity index (χ3v) is 3.55. The van der Waals surface area contributed by atoms with Crippen molar-refractivity contribution in [2.24, 2.45) is 0 Å². The third-order valence-electron chi connectivity index (χ3n) is 2.91. The lowest BCUT2D eigenvalue weighted by Crippen LogP contribution is -2.36. The number of nitrogens with one attached hydrogen (secondary N) is 1. The zero-order chi connectivity index (χ0) is 13.5. The Balaban J connectivity index is 2.44. The Morgan fingerprint density at radius 2 is 2.00 bits per heavy atom. The molecule has 0 aliphatic heterocycles. The molecule has 18 heavy (non-hydrogen) atoms. The minimum absolute atomic E-state index is 0.0196. The first kappa shape index (κ1) is 15.4. The summed E-state index contributed by atoms with van der Waals surface area (Å²) in [6.07, 6.45) is 2.23. The van der Waals surface area contributed by atoms with Crippen molar-refractivity contribution in [2.45, 2.75) is 45.8 Å². The fourth-order valence-corrected chi connectivity index (χ4v) is 1.98. The number of benzene rings is 1. The second-order valence-corrected chi connectivity index (χ2v) is 5.28. The average Bonchev–Trinajstić information content (AvgIpc) is 2.35. The SMILES string of the molecule is CCC(CC)NCC(C)Oc1ccc(Br)c(F)c1. The van der Waals surface area contributed by atoms with Crippen LogP contribution in [0, 0.1) is 5.82 Å². The molecule has 1 N–H and O–H groups in total. The fourth-order valence-electron chi connectivity index (χ4n) is 1.73. The zero-order valence-electron chi connectivity index (χ0n) is 11.2. The molecule has 0 spiro atoms. The van der Waals surface area contributed by atoms with Crippen molar-refractivity contribution in [1.29, 1.82) is 0 Å². The molecule has 1 aromatic rings. The summed E-state index contributed by atoms with van der Waals surface area (Å²) < 4.78 is 19.4. The van der Waals surface area contributed by atoms with Crippen molar-refractivity contribution in [3.8, 4) is 5.75 Å². The Hall–Kier alpha value is -0.610. The molecule has 0 saturated carbocycles. The van der Waals surface area contributed by atoms with Crippen molar-refractivity contribution in [3.05, 3.63) is 28.5 Å². The van der Waals surface area contributed by atoms with Gasteiger partial charge in [-0.15, -0.1) is 0 Å². The van der Waals surface area contributed by atoms with E-state index in [2.05, 4.69) is 35.1 Å². The molecule has 1 unspecified atom stereocenters. The van der Waals surface area contributed by atoms with E-state index in [1.54, 1.807) is 12.1 Å². The number of halogens is 2. The van der Waals surface area contributed by atoms with Crippen LogP contribution in [-0.2, 0) is 0 Å². The van der Waals surface area contributed by atoms with Crippen LogP contribution in [0.25, 0.3) is 0 Å². The quantitative estimate of drug-likeness (QED) is 0.816. The van der Waals surface area contributed by atoms with Gasteiger partial charge in [0.1, 0.15) is 17.7 Å². The van der Waals surface area contributed by atoms with Crippen LogP contribution < -0.4 is 10.1 Å². The van der Waals surface area contributed by atoms with Gasteiger partial charge in [-0.05, 0) is 47.8 Å². The zero-order valence-corrected chi connectivity index (χ0v) is 12.8. The highest BCUT2D eigenvalue weighted by atomic mass is 79.9. The van der Waals surface area contributed by atoms with E-state index >= 15 is 0 Å². The molecule has 0 radical (unpaired) electrons. The minimum atomic E-state index is -0.298. The van der Waals surface area contributed by atoms with Crippen molar-refractivity contribution in [3.63, 3.8) is 0 Å². The summed E-state index contributed by atoms with van der Waals surface area (Å²) in [4.78, 5) is 0. The second-order valence-electron chi connectivity index (χ2n) is 4.43. The van der Waals surface area contributed by atoms with E-state index in [-0.39, 0.29) is 11.9 Å². The lowest BCUT2D eigenvalue weighted by molar-refractivity contribution is 0.209. The Morgan fingerprint density at radius 1 is 1.33 bits per heavy atom. The molecule has 0 aromatic heterocycles. The summed E-state index contributed by atoms with van der Waals surface area (Å²) >= 11 is 3.12. The summed E-state index contributed by atoms with van der Waals surface area (Å²) in [5.74, 6) is 0.266. The molecular formula is C14H21BrFNO. The van der Waals surface area contributed by atoms with Gasteiger partial charge in [0.15, 0.2) is 0 Å². The lowest BCUT2D eigenvalue weighted by Gasteiger charge is -2.20. The van der Waals surface area contributed by atoms with Crippen LogP contribution in [0.1, 0.15) is 33.6 Å². The van der Waals surface area contributed by atoms with Gasteiger partial charge in [0.05, 0.1) is 4.47 Å². The van der Waals surface area contributed by atoms with Gasteiger partial charge in [-0.1, -0.05) is 13.8 Å². The standard InChI is InChI=1S/C14H21BrFNO/c1-4-11(5-2)17-9-10(3)18-12-6-7-13(15)14(16)8-12/h6-8,10-11,17H,4-5,9H2,1-3H3. The van der Waals surface area contributed by atoms with E-state index in [9.17, 15) is 4.39 Å². The van der Waals surface area contributed by atoms with E-state index in [0.717, 1.165) is 19.4 Å². The van der Waals surface area contributed by atoms with E-state index in [1.807, 2.05) is 6.92 Å². The number of ether oxygens (including phenoxy) is 1. The second kappa shape index (κ2) is 7.74. The first-order valence-corrected chi connectivity index (χ1v) is 7.21. The molecule has 0 saturated heterocycles. The summed E-state index contributed by atoms with van der Waals surface area (Å²) in [5, 5.41) is 3.44. The summed E-state index contributed by atoms with van der Waals surface area (Å²) in [5.41, 5.74) is 0. The molecule has 0 heterocycles. The first-order chi connectivity index (χ1) is 8.56. The van der Waals surface area contributed by atoms with Crippen LogP contribution in [0.3, 0.4) is 0 Å². The molecule has 4 heteroatoms. The predicted octanol–water partition coefficient (Wildman–Crippen LogP) is 4.13. The average molecular weight is 318 g/mol. The molecule has 0 amide bonds. The molecule has 102 valence electrons. The van der Waals surface area contributed by atoms with Gasteiger partial charge < -0.3 is 10.1 Å². The van der Waals surface area contributed by atoms with Gasteiger partial charge in [0.2, 0.25) is 0 Å². The monoisotopic (exact) mass is 317 g/mol. The molecule has 0 aliphatic rings. The highest BCUT2D eigenvalue weighted by molar-refractivity contribution is 9.10. The number of hydrogen-bond acceptors (Lipinski definition) is 2. The Labute approximate surface area is 117 Å². The van der Waals surface area contributed by atoms with E-state index < -0.39 is 0 Å². The molecule has 0 fully saturated rings. The maximum atomic E-state index is 13.3. The maximum absolute atomic E-state index is 13.3. The van der Waals surface area contributed by atoms with Crippen molar-refractivity contribution >= 4 is 15.9 Å². The van der Waals surface area contributed by atoms with Gasteiger partial charge in [-0.25, -0.2) is 4.39 Å². The molecular weight excluding hydrogens is 297 g/mol. The third kappa shape index (κ3) is 4.94. The maximum Gasteiger partial charge on any atom is 0.141 e. The van der Waals surface area contributed by atoms with Crippen LogP contribution >= 0.6 is 15.9 Å². The summed E-state index contributed by atoms with van der Waals surface area (Å²) in [6, 6.07) is 5.35. The smallest absolute Gasteiger partial charge is 0.141 e. The number of rotatable bonds is 7. The van der Waals surface area contributed by atoms with Crippen LogP contribution in [0.5, 0.6) is 5.75 Å². The molecule has 0 bridgehead atoms. The van der Waals surface area contributed by atoms with Gasteiger partial charge >= 0.3 is 0 Å². The molecule has 1 rings (SSSR count). The van der Waals surface area contributed by atoms with Gasteiger partial charge in [0, 0.05) is 18.7 Å². The van der Waals surface area contributed by atoms with Crippen LogP contribution in [0.4, 0.5) is 4.39 Å². The largest absolute Gasteiger partial charge is 0.489 e. The van der Waals surface area contributed by atoms with E-state index in [1.165, 1.54) is 6.07 Å². The van der Waals surface area contributed by atoms with E-state index in [0.29, 0.717) is 16.3 Å². The molecule has 0 aliphatic carbocycles. The van der Waals surface area contributed by atoms with Crippen LogP contribution in [0.15, 0.2) is 22.7 Å². The Bertz CT molecular complexity index is 369. The molecule has 1 aromatic carbocycles. The Kier molecular flexibility index (Phi) is 6.65. The summed E-state index contributed by atoms with van der Waals surface area (Å²) in [6.45, 7) is 7.08. The van der Waals surface area contributed by atoms with Crippen molar-refractivity contribution in [1.82, 2.24) is 5.32 Å². The molecule has 1 atom stereocenters. The van der Waals surface area contributed by atoms with Gasteiger partial charge in [0.25, 0.3) is 0 Å². The van der Waals surface area contributed by atoms with Gasteiger partial charge in [-0.2, -0.15) is 0 Å².